The van der Waals surface area contributed by atoms with E-state index < -0.39 is 6.29 Å². The molecule has 1 aliphatic carbocycles. The number of aliphatic hydroxyl groups is 1. The Kier molecular flexibility index (Phi) is 6.78. The van der Waals surface area contributed by atoms with E-state index in [9.17, 15) is 5.11 Å². The van der Waals surface area contributed by atoms with Gasteiger partial charge in [0.15, 0.2) is 6.29 Å². The van der Waals surface area contributed by atoms with Crippen molar-refractivity contribution in [2.24, 2.45) is 28.1 Å². The van der Waals surface area contributed by atoms with Crippen molar-refractivity contribution >= 4 is 0 Å². The number of ether oxygens (including phenoxy) is 1. The lowest BCUT2D eigenvalue weighted by atomic mass is 9.63. The van der Waals surface area contributed by atoms with E-state index in [-0.39, 0.29) is 16.9 Å². The fraction of sp³-hybridized carbons (Fsp3) is 1.00. The molecular formula is C21H42O2. The van der Waals surface area contributed by atoms with Crippen LogP contribution in [-0.4, -0.2) is 17.5 Å². The summed E-state index contributed by atoms with van der Waals surface area (Å²) in [5.41, 5.74) is 0.183. The maximum Gasteiger partial charge on any atom is 0.160 e. The van der Waals surface area contributed by atoms with Crippen molar-refractivity contribution in [3.05, 3.63) is 0 Å². The van der Waals surface area contributed by atoms with E-state index >= 15 is 0 Å². The normalized spacial score (nSPS) is 27.8. The Balaban J connectivity index is 2.69. The second-order valence-electron chi connectivity index (χ2n) is 10.6. The van der Waals surface area contributed by atoms with Gasteiger partial charge in [0.1, 0.15) is 0 Å². The van der Waals surface area contributed by atoms with E-state index in [1.165, 1.54) is 12.8 Å². The Morgan fingerprint density at radius 3 is 1.74 bits per heavy atom. The van der Waals surface area contributed by atoms with E-state index in [1.54, 1.807) is 0 Å². The van der Waals surface area contributed by atoms with Crippen molar-refractivity contribution in [3.8, 4) is 0 Å². The van der Waals surface area contributed by atoms with Gasteiger partial charge in [0.05, 0.1) is 6.10 Å². The minimum absolute atomic E-state index is 0.0132. The number of hydrogen-bond donors (Lipinski definition) is 1. The highest BCUT2D eigenvalue weighted by Gasteiger charge is 2.45. The Morgan fingerprint density at radius 2 is 1.39 bits per heavy atom. The minimum Gasteiger partial charge on any atom is -0.367 e. The van der Waals surface area contributed by atoms with Gasteiger partial charge in [-0.25, -0.2) is 0 Å². The molecule has 138 valence electrons. The molecule has 23 heavy (non-hydrogen) atoms. The average molecular weight is 327 g/mol. The molecule has 1 saturated carbocycles. The molecule has 2 atom stereocenters. The Labute approximate surface area is 145 Å². The lowest BCUT2D eigenvalue weighted by molar-refractivity contribution is -0.234. The molecule has 0 saturated heterocycles. The monoisotopic (exact) mass is 326 g/mol. The summed E-state index contributed by atoms with van der Waals surface area (Å²) in [7, 11) is 0. The Bertz CT molecular complexity index is 353. The van der Waals surface area contributed by atoms with Gasteiger partial charge in [-0.2, -0.15) is 0 Å². The van der Waals surface area contributed by atoms with Crippen LogP contribution in [0.25, 0.3) is 0 Å². The smallest absolute Gasteiger partial charge is 0.160 e. The van der Waals surface area contributed by atoms with Crippen LogP contribution in [0.1, 0.15) is 94.4 Å². The molecular weight excluding hydrogens is 284 g/mol. The first kappa shape index (κ1) is 21.0. The zero-order valence-electron chi connectivity index (χ0n) is 17.2. The first-order valence-electron chi connectivity index (χ1n) is 9.61. The van der Waals surface area contributed by atoms with Crippen molar-refractivity contribution in [3.63, 3.8) is 0 Å². The van der Waals surface area contributed by atoms with Crippen LogP contribution in [0.5, 0.6) is 0 Å². The summed E-state index contributed by atoms with van der Waals surface area (Å²) in [6, 6.07) is 0. The Morgan fingerprint density at radius 1 is 0.913 bits per heavy atom. The Hall–Kier alpha value is -0.0800. The lowest BCUT2D eigenvalue weighted by Crippen LogP contribution is -2.47. The molecule has 1 rings (SSSR count). The molecule has 0 heterocycles. The third kappa shape index (κ3) is 5.46. The third-order valence-corrected chi connectivity index (χ3v) is 6.31. The molecule has 0 radical (unpaired) electrons. The zero-order valence-corrected chi connectivity index (χ0v) is 17.2. The first-order valence-corrected chi connectivity index (χ1v) is 9.61. The average Bonchev–Trinajstić information content (AvgIpc) is 2.35. The standard InChI is InChI=1S/C21H42O2/c1-15(2)14-21(9,20(6,7)8)18(22)23-17-12-10-16(11-13-17)19(3,4)5/h15-18,22H,10-14H2,1-9H3. The van der Waals surface area contributed by atoms with Gasteiger partial charge in [0.2, 0.25) is 0 Å². The third-order valence-electron chi connectivity index (χ3n) is 6.31. The van der Waals surface area contributed by atoms with Crippen molar-refractivity contribution in [1.29, 1.82) is 0 Å². The molecule has 0 aliphatic heterocycles. The van der Waals surface area contributed by atoms with Gasteiger partial charge in [-0.05, 0) is 54.8 Å². The minimum atomic E-state index is -0.680. The maximum absolute atomic E-state index is 10.9. The molecule has 2 nitrogen and oxygen atoms in total. The van der Waals surface area contributed by atoms with E-state index in [0.717, 1.165) is 25.2 Å². The van der Waals surface area contributed by atoms with Crippen LogP contribution in [0.3, 0.4) is 0 Å². The summed E-state index contributed by atoms with van der Waals surface area (Å²) in [6.07, 6.45) is 5.13. The highest BCUT2D eigenvalue weighted by atomic mass is 16.6. The summed E-state index contributed by atoms with van der Waals surface area (Å²) >= 11 is 0. The highest BCUT2D eigenvalue weighted by Crippen LogP contribution is 2.47. The van der Waals surface area contributed by atoms with Gasteiger partial charge < -0.3 is 9.84 Å². The van der Waals surface area contributed by atoms with Gasteiger partial charge in [0, 0.05) is 5.41 Å². The zero-order chi connectivity index (χ0) is 18.1. The summed E-state index contributed by atoms with van der Waals surface area (Å²) in [5.74, 6) is 1.33. The van der Waals surface area contributed by atoms with Crippen molar-refractivity contribution in [2.75, 3.05) is 0 Å². The van der Waals surface area contributed by atoms with E-state index in [4.69, 9.17) is 4.74 Å². The van der Waals surface area contributed by atoms with Crippen molar-refractivity contribution in [2.45, 2.75) is 107 Å². The van der Waals surface area contributed by atoms with Crippen LogP contribution in [0.2, 0.25) is 0 Å². The molecule has 0 aromatic heterocycles. The molecule has 1 aliphatic rings. The van der Waals surface area contributed by atoms with E-state index in [1.807, 2.05) is 0 Å². The molecule has 0 bridgehead atoms. The van der Waals surface area contributed by atoms with Gasteiger partial charge in [-0.1, -0.05) is 62.3 Å². The molecule has 0 amide bonds. The summed E-state index contributed by atoms with van der Waals surface area (Å²) in [5, 5.41) is 10.9. The number of hydrogen-bond acceptors (Lipinski definition) is 2. The predicted molar refractivity (Wildman–Crippen MR) is 99.3 cm³/mol. The van der Waals surface area contributed by atoms with Crippen molar-refractivity contribution < 1.29 is 9.84 Å². The van der Waals surface area contributed by atoms with Gasteiger partial charge in [-0.15, -0.1) is 0 Å². The summed E-state index contributed by atoms with van der Waals surface area (Å²) in [4.78, 5) is 0. The van der Waals surface area contributed by atoms with E-state index in [2.05, 4.69) is 62.3 Å². The fourth-order valence-electron chi connectivity index (χ4n) is 4.02. The molecule has 0 spiro atoms. The van der Waals surface area contributed by atoms with Crippen LogP contribution in [-0.2, 0) is 4.74 Å². The van der Waals surface area contributed by atoms with E-state index in [0.29, 0.717) is 11.3 Å². The summed E-state index contributed by atoms with van der Waals surface area (Å²) in [6.45, 7) is 20.3. The van der Waals surface area contributed by atoms with Crippen LogP contribution < -0.4 is 0 Å². The molecule has 1 N–H and O–H groups in total. The number of aliphatic hydroxyl groups excluding tert-OH is 1. The molecule has 2 unspecified atom stereocenters. The quantitative estimate of drug-likeness (QED) is 0.625. The van der Waals surface area contributed by atoms with Crippen LogP contribution in [0.4, 0.5) is 0 Å². The maximum atomic E-state index is 10.9. The second kappa shape index (κ2) is 7.44. The largest absolute Gasteiger partial charge is 0.367 e. The predicted octanol–water partition coefficient (Wildman–Crippen LogP) is 6.02. The molecule has 2 heteroatoms. The number of rotatable bonds is 5. The first-order chi connectivity index (χ1) is 10.3. The molecule has 0 aromatic carbocycles. The summed E-state index contributed by atoms with van der Waals surface area (Å²) < 4.78 is 6.20. The van der Waals surface area contributed by atoms with Crippen LogP contribution in [0, 0.1) is 28.1 Å². The lowest BCUT2D eigenvalue weighted by Gasteiger charge is -2.47. The molecule has 1 fully saturated rings. The highest BCUT2D eigenvalue weighted by molar-refractivity contribution is 4.91. The van der Waals surface area contributed by atoms with Crippen LogP contribution in [0.15, 0.2) is 0 Å². The fourth-order valence-corrected chi connectivity index (χ4v) is 4.02. The van der Waals surface area contributed by atoms with Crippen molar-refractivity contribution in [1.82, 2.24) is 0 Å². The van der Waals surface area contributed by atoms with Crippen LogP contribution >= 0.6 is 0 Å². The SMILES string of the molecule is CC(C)CC(C)(C(O)OC1CCC(C(C)(C)C)CC1)C(C)(C)C. The van der Waals surface area contributed by atoms with Gasteiger partial charge in [-0.3, -0.25) is 0 Å². The second-order valence-corrected chi connectivity index (χ2v) is 10.6. The van der Waals surface area contributed by atoms with Gasteiger partial charge >= 0.3 is 0 Å². The topological polar surface area (TPSA) is 29.5 Å². The van der Waals surface area contributed by atoms with Gasteiger partial charge in [0.25, 0.3) is 0 Å². The molecule has 0 aromatic rings.